The second-order valence-electron chi connectivity index (χ2n) is 5.26. The highest BCUT2D eigenvalue weighted by molar-refractivity contribution is 7.17. The fourth-order valence-electron chi connectivity index (χ4n) is 2.73. The van der Waals surface area contributed by atoms with Gasteiger partial charge in [0, 0.05) is 11.4 Å². The first-order valence-corrected chi connectivity index (χ1v) is 8.17. The first-order valence-electron chi connectivity index (χ1n) is 7.36. The number of rotatable bonds is 6. The molecule has 0 aliphatic heterocycles. The Bertz CT molecular complexity index is 539. The van der Waals surface area contributed by atoms with Crippen LogP contribution in [0.4, 0.5) is 5.00 Å². The van der Waals surface area contributed by atoms with Crippen LogP contribution in [0, 0.1) is 5.92 Å². The summed E-state index contributed by atoms with van der Waals surface area (Å²) in [4.78, 5) is 25.5. The number of ether oxygens (including phenoxy) is 1. The van der Waals surface area contributed by atoms with Gasteiger partial charge in [0.15, 0.2) is 0 Å². The Morgan fingerprint density at radius 1 is 1.43 bits per heavy atom. The molecule has 1 unspecified atom stereocenters. The van der Waals surface area contributed by atoms with E-state index in [9.17, 15) is 9.59 Å². The molecule has 1 aliphatic carbocycles. The van der Waals surface area contributed by atoms with Gasteiger partial charge in [-0.3, -0.25) is 4.79 Å². The van der Waals surface area contributed by atoms with Crippen molar-refractivity contribution in [3.8, 4) is 0 Å². The Labute approximate surface area is 128 Å². The van der Waals surface area contributed by atoms with Crippen molar-refractivity contribution in [2.75, 3.05) is 19.0 Å². The van der Waals surface area contributed by atoms with E-state index in [2.05, 4.69) is 5.32 Å². The Morgan fingerprint density at radius 2 is 2.19 bits per heavy atom. The lowest BCUT2D eigenvalue weighted by molar-refractivity contribution is -0.119. The summed E-state index contributed by atoms with van der Waals surface area (Å²) in [5.41, 5.74) is 7.24. The van der Waals surface area contributed by atoms with Gasteiger partial charge in [-0.05, 0) is 31.2 Å². The average Bonchev–Trinajstić information content (AvgIpc) is 3.04. The Balaban J connectivity index is 2.24. The number of carbonyl (C=O) groups is 2. The van der Waals surface area contributed by atoms with Crippen LogP contribution in [0.3, 0.4) is 0 Å². The number of nitrogens with two attached hydrogens (primary N) is 1. The predicted molar refractivity (Wildman–Crippen MR) is 83.8 cm³/mol. The van der Waals surface area contributed by atoms with Gasteiger partial charge in [0.25, 0.3) is 0 Å². The second kappa shape index (κ2) is 7.04. The quantitative estimate of drug-likeness (QED) is 0.790. The van der Waals surface area contributed by atoms with Crippen molar-refractivity contribution < 1.29 is 14.3 Å². The number of anilines is 1. The van der Waals surface area contributed by atoms with E-state index in [1.165, 1.54) is 23.3 Å². The molecular formula is C15H22N2O3S. The van der Waals surface area contributed by atoms with Gasteiger partial charge in [-0.1, -0.05) is 13.3 Å². The predicted octanol–water partition coefficient (Wildman–Crippen LogP) is 2.34. The van der Waals surface area contributed by atoms with Crippen LogP contribution in [-0.4, -0.2) is 25.5 Å². The number of nitrogens with one attached hydrogen (secondary N) is 1. The van der Waals surface area contributed by atoms with E-state index in [0.717, 1.165) is 37.7 Å². The molecule has 0 radical (unpaired) electrons. The third kappa shape index (κ3) is 3.27. The molecule has 116 valence electrons. The summed E-state index contributed by atoms with van der Waals surface area (Å²) in [7, 11) is 1.37. The number of carbonyl (C=O) groups excluding carboxylic acids is 2. The summed E-state index contributed by atoms with van der Waals surface area (Å²) in [6.45, 7) is 2.34. The van der Waals surface area contributed by atoms with Gasteiger partial charge in [0.2, 0.25) is 5.91 Å². The highest BCUT2D eigenvalue weighted by atomic mass is 32.1. The third-order valence-corrected chi connectivity index (χ3v) is 5.05. The molecule has 1 heterocycles. The van der Waals surface area contributed by atoms with E-state index in [4.69, 9.17) is 10.5 Å². The minimum absolute atomic E-state index is 0.107. The van der Waals surface area contributed by atoms with Crippen molar-refractivity contribution in [1.82, 2.24) is 0 Å². The Kier molecular flexibility index (Phi) is 5.36. The molecule has 0 bridgehead atoms. The summed E-state index contributed by atoms with van der Waals surface area (Å²) >= 11 is 1.49. The zero-order valence-electron chi connectivity index (χ0n) is 12.5. The third-order valence-electron chi connectivity index (χ3n) is 3.84. The molecule has 1 amide bonds. The fraction of sp³-hybridized carbons (Fsp3) is 0.600. The molecule has 1 aliphatic rings. The van der Waals surface area contributed by atoms with Crippen LogP contribution >= 0.6 is 11.3 Å². The van der Waals surface area contributed by atoms with Gasteiger partial charge in [0.1, 0.15) is 5.00 Å². The molecule has 0 fully saturated rings. The van der Waals surface area contributed by atoms with Crippen LogP contribution in [-0.2, 0) is 22.4 Å². The minimum Gasteiger partial charge on any atom is -0.465 e. The van der Waals surface area contributed by atoms with Gasteiger partial charge in [0.05, 0.1) is 18.6 Å². The van der Waals surface area contributed by atoms with Crippen molar-refractivity contribution in [2.45, 2.75) is 39.0 Å². The van der Waals surface area contributed by atoms with Crippen molar-refractivity contribution in [3.05, 3.63) is 16.0 Å². The lowest BCUT2D eigenvalue weighted by Crippen LogP contribution is -2.29. The molecule has 0 aromatic carbocycles. The first-order chi connectivity index (χ1) is 10.1. The lowest BCUT2D eigenvalue weighted by Gasteiger charge is -2.14. The van der Waals surface area contributed by atoms with Gasteiger partial charge in [-0.15, -0.1) is 11.3 Å². The standard InChI is InChI=1S/C15H22N2O3S/c1-3-5-9(8-16)13(18)17-14-12(15(19)20-2)10-6-4-7-11(10)21-14/h9H,3-8,16H2,1-2H3,(H,17,18). The largest absolute Gasteiger partial charge is 0.465 e. The molecule has 1 aromatic heterocycles. The van der Waals surface area contributed by atoms with Gasteiger partial charge in [-0.25, -0.2) is 4.79 Å². The molecule has 6 heteroatoms. The molecule has 21 heavy (non-hydrogen) atoms. The van der Waals surface area contributed by atoms with Crippen LogP contribution < -0.4 is 11.1 Å². The minimum atomic E-state index is -0.371. The molecule has 1 atom stereocenters. The van der Waals surface area contributed by atoms with Crippen molar-refractivity contribution in [1.29, 1.82) is 0 Å². The second-order valence-corrected chi connectivity index (χ2v) is 6.37. The molecule has 3 N–H and O–H groups in total. The fourth-order valence-corrected chi connectivity index (χ4v) is 4.01. The lowest BCUT2D eigenvalue weighted by atomic mass is 10.0. The smallest absolute Gasteiger partial charge is 0.341 e. The van der Waals surface area contributed by atoms with E-state index < -0.39 is 0 Å². The van der Waals surface area contributed by atoms with Crippen LogP contribution in [0.15, 0.2) is 0 Å². The number of aryl methyl sites for hydroxylation is 1. The molecule has 0 spiro atoms. The molecule has 5 nitrogen and oxygen atoms in total. The average molecular weight is 310 g/mol. The zero-order chi connectivity index (χ0) is 15.4. The normalized spacial score (nSPS) is 14.6. The molecule has 0 saturated heterocycles. The summed E-state index contributed by atoms with van der Waals surface area (Å²) in [5, 5.41) is 3.51. The summed E-state index contributed by atoms with van der Waals surface area (Å²) in [5.74, 6) is -0.689. The van der Waals surface area contributed by atoms with Gasteiger partial charge in [-0.2, -0.15) is 0 Å². The van der Waals surface area contributed by atoms with E-state index in [-0.39, 0.29) is 17.8 Å². The number of esters is 1. The Hall–Kier alpha value is -1.40. The molecule has 2 rings (SSSR count). The number of thiophene rings is 1. The highest BCUT2D eigenvalue weighted by Gasteiger charge is 2.29. The van der Waals surface area contributed by atoms with Crippen molar-refractivity contribution in [2.24, 2.45) is 11.7 Å². The maximum Gasteiger partial charge on any atom is 0.341 e. The van der Waals surface area contributed by atoms with Crippen molar-refractivity contribution in [3.63, 3.8) is 0 Å². The van der Waals surface area contributed by atoms with E-state index in [0.29, 0.717) is 17.1 Å². The molecule has 0 saturated carbocycles. The topological polar surface area (TPSA) is 81.4 Å². The van der Waals surface area contributed by atoms with E-state index >= 15 is 0 Å². The van der Waals surface area contributed by atoms with Gasteiger partial charge < -0.3 is 15.8 Å². The van der Waals surface area contributed by atoms with E-state index in [1.54, 1.807) is 0 Å². The molecule has 1 aromatic rings. The van der Waals surface area contributed by atoms with Crippen LogP contribution in [0.2, 0.25) is 0 Å². The van der Waals surface area contributed by atoms with Crippen molar-refractivity contribution >= 4 is 28.2 Å². The van der Waals surface area contributed by atoms with Crippen LogP contribution in [0.5, 0.6) is 0 Å². The summed E-state index contributed by atoms with van der Waals surface area (Å²) in [6, 6.07) is 0. The number of fused-ring (bicyclic) bond motifs is 1. The summed E-state index contributed by atoms with van der Waals surface area (Å²) in [6.07, 6.45) is 4.55. The van der Waals surface area contributed by atoms with Crippen LogP contribution in [0.25, 0.3) is 0 Å². The first kappa shape index (κ1) is 16.0. The van der Waals surface area contributed by atoms with E-state index in [1.807, 2.05) is 6.92 Å². The molecular weight excluding hydrogens is 288 g/mol. The number of hydrogen-bond donors (Lipinski definition) is 2. The monoisotopic (exact) mass is 310 g/mol. The SMILES string of the molecule is CCCC(CN)C(=O)Nc1sc2c(c1C(=O)OC)CCC2. The number of amides is 1. The van der Waals surface area contributed by atoms with Crippen LogP contribution in [0.1, 0.15) is 47.0 Å². The maximum absolute atomic E-state index is 12.3. The maximum atomic E-state index is 12.3. The summed E-state index contributed by atoms with van der Waals surface area (Å²) < 4.78 is 4.87. The Morgan fingerprint density at radius 3 is 2.81 bits per heavy atom. The van der Waals surface area contributed by atoms with Gasteiger partial charge >= 0.3 is 5.97 Å². The highest BCUT2D eigenvalue weighted by Crippen LogP contribution is 2.39. The number of methoxy groups -OCH3 is 1. The number of hydrogen-bond acceptors (Lipinski definition) is 5. The zero-order valence-corrected chi connectivity index (χ0v) is 13.3.